The minimum absolute atomic E-state index is 0.322. The molecule has 5 nitrogen and oxygen atoms in total. The first kappa shape index (κ1) is 11.9. The Morgan fingerprint density at radius 1 is 1.65 bits per heavy atom. The highest BCUT2D eigenvalue weighted by molar-refractivity contribution is 5.90. The van der Waals surface area contributed by atoms with Crippen LogP contribution in [0.15, 0.2) is 18.3 Å². The molecule has 1 atom stereocenters. The maximum Gasteiger partial charge on any atom is 0.338 e. The summed E-state index contributed by atoms with van der Waals surface area (Å²) in [4.78, 5) is 17.9. The van der Waals surface area contributed by atoms with E-state index < -0.39 is 0 Å². The number of esters is 1. The van der Waals surface area contributed by atoms with Gasteiger partial charge in [-0.3, -0.25) is 0 Å². The molecule has 0 bridgehead atoms. The van der Waals surface area contributed by atoms with Gasteiger partial charge in [0.25, 0.3) is 0 Å². The minimum Gasteiger partial charge on any atom is -0.465 e. The van der Waals surface area contributed by atoms with E-state index in [2.05, 4.69) is 22.1 Å². The van der Waals surface area contributed by atoms with E-state index >= 15 is 0 Å². The van der Waals surface area contributed by atoms with Crippen LogP contribution in [0.1, 0.15) is 17.3 Å². The van der Waals surface area contributed by atoms with E-state index in [0.717, 1.165) is 25.5 Å². The molecule has 1 saturated heterocycles. The van der Waals surface area contributed by atoms with Crippen LogP contribution in [-0.2, 0) is 4.74 Å². The van der Waals surface area contributed by atoms with Crippen molar-refractivity contribution >= 4 is 11.8 Å². The number of piperazine rings is 1. The van der Waals surface area contributed by atoms with Crippen LogP contribution in [0.4, 0.5) is 5.82 Å². The van der Waals surface area contributed by atoms with Gasteiger partial charge >= 0.3 is 5.97 Å². The van der Waals surface area contributed by atoms with Gasteiger partial charge in [0, 0.05) is 31.9 Å². The molecule has 1 fully saturated rings. The van der Waals surface area contributed by atoms with Crippen LogP contribution in [0.25, 0.3) is 0 Å². The standard InChI is InChI=1S/C12H17N3O2/c1-9-8-15(6-5-13-9)11-7-10(3-4-14-11)12(16)17-2/h3-4,7,9,13H,5-6,8H2,1-2H3/t9-/m0/s1. The zero-order valence-electron chi connectivity index (χ0n) is 10.1. The number of rotatable bonds is 2. The average molecular weight is 235 g/mol. The SMILES string of the molecule is COC(=O)c1ccnc(N2CCN[C@@H](C)C2)c1. The molecular weight excluding hydrogens is 218 g/mol. The Kier molecular flexibility index (Phi) is 3.58. The van der Waals surface area contributed by atoms with E-state index in [1.807, 2.05) is 0 Å². The summed E-state index contributed by atoms with van der Waals surface area (Å²) in [5, 5.41) is 3.37. The van der Waals surface area contributed by atoms with E-state index in [0.29, 0.717) is 11.6 Å². The number of carbonyl (C=O) groups is 1. The third kappa shape index (κ3) is 2.74. The quantitative estimate of drug-likeness (QED) is 0.763. The van der Waals surface area contributed by atoms with Crippen molar-refractivity contribution in [3.8, 4) is 0 Å². The molecule has 0 radical (unpaired) electrons. The number of pyridine rings is 1. The number of hydrogen-bond acceptors (Lipinski definition) is 5. The molecule has 0 saturated carbocycles. The smallest absolute Gasteiger partial charge is 0.338 e. The molecule has 0 unspecified atom stereocenters. The van der Waals surface area contributed by atoms with Crippen LogP contribution >= 0.6 is 0 Å². The molecule has 0 amide bonds. The van der Waals surface area contributed by atoms with Crippen LogP contribution in [0.5, 0.6) is 0 Å². The number of anilines is 1. The predicted octanol–water partition coefficient (Wildman–Crippen LogP) is 0.666. The first-order valence-corrected chi connectivity index (χ1v) is 5.73. The zero-order chi connectivity index (χ0) is 12.3. The molecule has 5 heteroatoms. The summed E-state index contributed by atoms with van der Waals surface area (Å²) >= 11 is 0. The Bertz CT molecular complexity index is 408. The largest absolute Gasteiger partial charge is 0.465 e. The van der Waals surface area contributed by atoms with E-state index in [1.54, 1.807) is 18.3 Å². The molecule has 0 aromatic carbocycles. The number of nitrogens with one attached hydrogen (secondary N) is 1. The lowest BCUT2D eigenvalue weighted by Crippen LogP contribution is -2.49. The molecule has 1 aliphatic rings. The highest BCUT2D eigenvalue weighted by atomic mass is 16.5. The van der Waals surface area contributed by atoms with Gasteiger partial charge < -0.3 is 15.0 Å². The zero-order valence-corrected chi connectivity index (χ0v) is 10.1. The van der Waals surface area contributed by atoms with Gasteiger partial charge in [-0.1, -0.05) is 0 Å². The fraction of sp³-hybridized carbons (Fsp3) is 0.500. The summed E-state index contributed by atoms with van der Waals surface area (Å²) < 4.78 is 4.70. The van der Waals surface area contributed by atoms with Crippen molar-refractivity contribution in [2.24, 2.45) is 0 Å². The lowest BCUT2D eigenvalue weighted by Gasteiger charge is -2.32. The summed E-state index contributed by atoms with van der Waals surface area (Å²) in [6.07, 6.45) is 1.65. The first-order valence-electron chi connectivity index (χ1n) is 5.73. The Labute approximate surface area is 101 Å². The van der Waals surface area contributed by atoms with Crippen molar-refractivity contribution in [1.82, 2.24) is 10.3 Å². The van der Waals surface area contributed by atoms with Crippen molar-refractivity contribution < 1.29 is 9.53 Å². The molecule has 2 rings (SSSR count). The molecule has 1 aromatic heterocycles. The molecule has 92 valence electrons. The van der Waals surface area contributed by atoms with Crippen LogP contribution in [0, 0.1) is 0 Å². The summed E-state index contributed by atoms with van der Waals surface area (Å²) in [5.74, 6) is 0.512. The fourth-order valence-corrected chi connectivity index (χ4v) is 1.98. The second kappa shape index (κ2) is 5.14. The third-order valence-corrected chi connectivity index (χ3v) is 2.86. The van der Waals surface area contributed by atoms with Crippen molar-refractivity contribution in [3.63, 3.8) is 0 Å². The average Bonchev–Trinajstić information content (AvgIpc) is 2.38. The number of nitrogens with zero attached hydrogens (tertiary/aromatic N) is 2. The fourth-order valence-electron chi connectivity index (χ4n) is 1.98. The van der Waals surface area contributed by atoms with Crippen LogP contribution < -0.4 is 10.2 Å². The maximum absolute atomic E-state index is 11.4. The van der Waals surface area contributed by atoms with Crippen LogP contribution in [0.3, 0.4) is 0 Å². The number of ether oxygens (including phenoxy) is 1. The molecular formula is C12H17N3O2. The number of carbonyl (C=O) groups excluding carboxylic acids is 1. The number of methoxy groups -OCH3 is 1. The molecule has 1 aromatic rings. The van der Waals surface area contributed by atoms with Gasteiger partial charge in [-0.25, -0.2) is 9.78 Å². The lowest BCUT2D eigenvalue weighted by atomic mass is 10.2. The van der Waals surface area contributed by atoms with Crippen LogP contribution in [0.2, 0.25) is 0 Å². The van der Waals surface area contributed by atoms with E-state index in [1.165, 1.54) is 7.11 Å². The molecule has 0 spiro atoms. The monoisotopic (exact) mass is 235 g/mol. The van der Waals surface area contributed by atoms with Crippen molar-refractivity contribution in [2.75, 3.05) is 31.6 Å². The maximum atomic E-state index is 11.4. The molecule has 1 N–H and O–H groups in total. The third-order valence-electron chi connectivity index (χ3n) is 2.86. The predicted molar refractivity (Wildman–Crippen MR) is 65.3 cm³/mol. The van der Waals surface area contributed by atoms with Crippen molar-refractivity contribution in [3.05, 3.63) is 23.9 Å². The van der Waals surface area contributed by atoms with Gasteiger partial charge in [-0.05, 0) is 19.1 Å². The van der Waals surface area contributed by atoms with E-state index in [-0.39, 0.29) is 5.97 Å². The Morgan fingerprint density at radius 2 is 2.47 bits per heavy atom. The van der Waals surface area contributed by atoms with Crippen molar-refractivity contribution in [2.45, 2.75) is 13.0 Å². The number of aromatic nitrogens is 1. The van der Waals surface area contributed by atoms with Gasteiger partial charge in [0.05, 0.1) is 12.7 Å². The first-order chi connectivity index (χ1) is 8.20. The minimum atomic E-state index is -0.322. The Balaban J connectivity index is 2.17. The number of hydrogen-bond donors (Lipinski definition) is 1. The summed E-state index contributed by atoms with van der Waals surface area (Å²) in [6.45, 7) is 4.88. The molecule has 0 aliphatic carbocycles. The second-order valence-electron chi connectivity index (χ2n) is 4.20. The van der Waals surface area contributed by atoms with Crippen LogP contribution in [-0.4, -0.2) is 43.7 Å². The highest BCUT2D eigenvalue weighted by Crippen LogP contribution is 2.15. The molecule has 2 heterocycles. The van der Waals surface area contributed by atoms with E-state index in [4.69, 9.17) is 4.74 Å². The van der Waals surface area contributed by atoms with Gasteiger partial charge in [-0.2, -0.15) is 0 Å². The van der Waals surface area contributed by atoms with Crippen molar-refractivity contribution in [1.29, 1.82) is 0 Å². The van der Waals surface area contributed by atoms with Gasteiger partial charge in [0.1, 0.15) is 5.82 Å². The van der Waals surface area contributed by atoms with Gasteiger partial charge in [-0.15, -0.1) is 0 Å². The Morgan fingerprint density at radius 3 is 3.18 bits per heavy atom. The molecule has 17 heavy (non-hydrogen) atoms. The molecule has 1 aliphatic heterocycles. The highest BCUT2D eigenvalue weighted by Gasteiger charge is 2.17. The van der Waals surface area contributed by atoms with Gasteiger partial charge in [0.2, 0.25) is 0 Å². The van der Waals surface area contributed by atoms with E-state index in [9.17, 15) is 4.79 Å². The second-order valence-corrected chi connectivity index (χ2v) is 4.20. The van der Waals surface area contributed by atoms with Gasteiger partial charge in [0.15, 0.2) is 0 Å². The normalized spacial score (nSPS) is 20.1. The summed E-state index contributed by atoms with van der Waals surface area (Å²) in [6, 6.07) is 3.89. The topological polar surface area (TPSA) is 54.5 Å². The lowest BCUT2D eigenvalue weighted by molar-refractivity contribution is 0.0600. The summed E-state index contributed by atoms with van der Waals surface area (Å²) in [7, 11) is 1.38. The Hall–Kier alpha value is -1.62. The summed E-state index contributed by atoms with van der Waals surface area (Å²) in [5.41, 5.74) is 0.545.